The summed E-state index contributed by atoms with van der Waals surface area (Å²) in [5, 5.41) is 0. The van der Waals surface area contributed by atoms with E-state index in [1.54, 1.807) is 0 Å². The predicted octanol–water partition coefficient (Wildman–Crippen LogP) is 4.80. The number of rotatable bonds is 3. The van der Waals surface area contributed by atoms with Gasteiger partial charge in [0.2, 0.25) is 12.6 Å². The fraction of sp³-hybridized carbons (Fsp3) is 0.889. The molecule has 0 amide bonds. The fourth-order valence-electron chi connectivity index (χ4n) is 8.03. The van der Waals surface area contributed by atoms with E-state index in [1.165, 1.54) is 13.8 Å². The third kappa shape index (κ3) is 4.55. The van der Waals surface area contributed by atoms with Crippen LogP contribution in [-0.4, -0.2) is 42.0 Å². The van der Waals surface area contributed by atoms with Gasteiger partial charge in [-0.05, 0) is 81.5 Å². The number of ether oxygens (including phenoxy) is 4. The van der Waals surface area contributed by atoms with Gasteiger partial charge in [-0.15, -0.1) is 0 Å². The van der Waals surface area contributed by atoms with Gasteiger partial charge >= 0.3 is 11.9 Å². The topological polar surface area (TPSA) is 88.1 Å². The summed E-state index contributed by atoms with van der Waals surface area (Å²) in [7, 11) is 0. The average molecular weight is 479 g/mol. The van der Waals surface area contributed by atoms with E-state index in [-0.39, 0.29) is 28.8 Å². The Morgan fingerprint density at radius 3 is 2.21 bits per heavy atom. The Bertz CT molecular complexity index is 831. The Morgan fingerprint density at radius 2 is 1.59 bits per heavy atom. The number of Topliss-reactive ketones (excluding diaryl/α,β-unsaturated/α-hetero) is 1. The van der Waals surface area contributed by atoms with Crippen molar-refractivity contribution < 1.29 is 33.3 Å². The smallest absolute Gasteiger partial charge is 0.304 e. The number of carbonyl (C=O) groups is 3. The van der Waals surface area contributed by atoms with E-state index in [2.05, 4.69) is 34.6 Å². The first kappa shape index (κ1) is 25.6. The molecule has 0 aromatic rings. The van der Waals surface area contributed by atoms with Crippen LogP contribution < -0.4 is 0 Å². The fourth-order valence-corrected chi connectivity index (χ4v) is 8.03. The second-order valence-corrected chi connectivity index (χ2v) is 12.6. The van der Waals surface area contributed by atoms with Gasteiger partial charge in [0.05, 0.1) is 17.6 Å². The number of carbonyl (C=O) groups excluding carboxylic acids is 3. The summed E-state index contributed by atoms with van der Waals surface area (Å²) in [4.78, 5) is 37.2. The maximum atomic E-state index is 13.5. The number of hydrogen-bond acceptors (Lipinski definition) is 7. The molecule has 0 spiro atoms. The first-order chi connectivity index (χ1) is 15.7. The van der Waals surface area contributed by atoms with E-state index >= 15 is 0 Å². The van der Waals surface area contributed by atoms with Crippen LogP contribution in [0.1, 0.15) is 93.4 Å². The molecular formula is C27H42O7. The van der Waals surface area contributed by atoms with Gasteiger partial charge in [0.15, 0.2) is 0 Å². The van der Waals surface area contributed by atoms with E-state index in [9.17, 15) is 14.4 Å². The average Bonchev–Trinajstić information content (AvgIpc) is 2.93. The highest BCUT2D eigenvalue weighted by Gasteiger charge is 2.64. The van der Waals surface area contributed by atoms with Gasteiger partial charge in [0.1, 0.15) is 5.78 Å². The van der Waals surface area contributed by atoms with Gasteiger partial charge in [-0.1, -0.05) is 13.8 Å². The quantitative estimate of drug-likeness (QED) is 0.539. The normalized spacial score (nSPS) is 44.3. The van der Waals surface area contributed by atoms with Crippen LogP contribution in [0.25, 0.3) is 0 Å². The van der Waals surface area contributed by atoms with Crippen LogP contribution in [0.15, 0.2) is 0 Å². The van der Waals surface area contributed by atoms with Crippen molar-refractivity contribution in [3.63, 3.8) is 0 Å². The van der Waals surface area contributed by atoms with E-state index in [0.717, 1.165) is 32.1 Å². The molecule has 0 N–H and O–H groups in total. The van der Waals surface area contributed by atoms with Crippen molar-refractivity contribution >= 4 is 17.7 Å². The van der Waals surface area contributed by atoms with E-state index in [0.29, 0.717) is 24.7 Å². The van der Waals surface area contributed by atoms with Gasteiger partial charge < -0.3 is 18.9 Å². The standard InChI is InChI=1S/C27H42O7/c1-15(28)31-22-14-27(7)19-12-13-26(6)18(9-11-21(26)34-25(3,4)5)17(19)8-10-20(30)23(27)24(33-22)32-16(2)29/h17-19,21-24H,8-14H2,1-7H3/t17-,18-,19-,21-,22?,23+,24?,26-,27+/m0/s1. The maximum Gasteiger partial charge on any atom is 0.304 e. The van der Waals surface area contributed by atoms with Crippen molar-refractivity contribution in [3.8, 4) is 0 Å². The van der Waals surface area contributed by atoms with E-state index in [4.69, 9.17) is 18.9 Å². The van der Waals surface area contributed by atoms with Gasteiger partial charge in [0.25, 0.3) is 0 Å². The number of esters is 2. The first-order valence-electron chi connectivity index (χ1n) is 12.9. The van der Waals surface area contributed by atoms with Gasteiger partial charge in [0, 0.05) is 26.7 Å². The summed E-state index contributed by atoms with van der Waals surface area (Å²) in [6, 6.07) is 0. The van der Waals surface area contributed by atoms with Crippen LogP contribution in [0, 0.1) is 34.5 Å². The third-order valence-electron chi connectivity index (χ3n) is 9.22. The molecule has 192 valence electrons. The van der Waals surface area contributed by atoms with Crippen molar-refractivity contribution in [3.05, 3.63) is 0 Å². The second kappa shape index (κ2) is 8.88. The lowest BCUT2D eigenvalue weighted by Crippen LogP contribution is -2.57. The molecule has 3 saturated carbocycles. The van der Waals surface area contributed by atoms with Crippen molar-refractivity contribution in [2.75, 3.05) is 0 Å². The molecule has 3 aliphatic carbocycles. The lowest BCUT2D eigenvalue weighted by atomic mass is 9.51. The molecule has 0 radical (unpaired) electrons. The Kier molecular flexibility index (Phi) is 6.69. The van der Waals surface area contributed by atoms with Gasteiger partial charge in [-0.25, -0.2) is 0 Å². The summed E-state index contributed by atoms with van der Waals surface area (Å²) in [5.74, 6) is -0.296. The van der Waals surface area contributed by atoms with Crippen LogP contribution in [0.2, 0.25) is 0 Å². The molecule has 7 heteroatoms. The second-order valence-electron chi connectivity index (χ2n) is 12.6. The number of hydrogen-bond donors (Lipinski definition) is 0. The minimum atomic E-state index is -1.03. The van der Waals surface area contributed by atoms with Gasteiger partial charge in [-0.3, -0.25) is 14.4 Å². The van der Waals surface area contributed by atoms with Crippen LogP contribution in [-0.2, 0) is 33.3 Å². The minimum Gasteiger partial charge on any atom is -0.436 e. The lowest BCUT2D eigenvalue weighted by Gasteiger charge is -2.56. The molecule has 4 aliphatic rings. The third-order valence-corrected chi connectivity index (χ3v) is 9.22. The number of ketones is 1. The van der Waals surface area contributed by atoms with Crippen LogP contribution >= 0.6 is 0 Å². The summed E-state index contributed by atoms with van der Waals surface area (Å²) in [6.07, 6.45) is 4.25. The SMILES string of the molecule is CC(=O)OC1C[C@@]2(C)[C@H](C(=O)CC[C@@H]3[C@@H]2CC[C@]2(C)[C@@H](OC(C)(C)C)CC[C@@H]32)C(OC(C)=O)O1. The van der Waals surface area contributed by atoms with Crippen LogP contribution in [0.4, 0.5) is 0 Å². The van der Waals surface area contributed by atoms with Crippen molar-refractivity contribution in [1.29, 1.82) is 0 Å². The monoisotopic (exact) mass is 478 g/mol. The van der Waals surface area contributed by atoms with Crippen molar-refractivity contribution in [2.45, 2.75) is 118 Å². The molecule has 2 unspecified atom stereocenters. The van der Waals surface area contributed by atoms with Crippen molar-refractivity contribution in [2.24, 2.45) is 34.5 Å². The molecule has 0 aromatic heterocycles. The molecule has 7 nitrogen and oxygen atoms in total. The summed E-state index contributed by atoms with van der Waals surface area (Å²) in [5.41, 5.74) is -0.588. The molecule has 4 rings (SSSR count). The summed E-state index contributed by atoms with van der Waals surface area (Å²) < 4.78 is 23.5. The Morgan fingerprint density at radius 1 is 0.941 bits per heavy atom. The van der Waals surface area contributed by atoms with Crippen LogP contribution in [0.3, 0.4) is 0 Å². The van der Waals surface area contributed by atoms with Crippen molar-refractivity contribution in [1.82, 2.24) is 0 Å². The zero-order valence-corrected chi connectivity index (χ0v) is 21.8. The largest absolute Gasteiger partial charge is 0.436 e. The minimum absolute atomic E-state index is 0.0867. The molecule has 1 aliphatic heterocycles. The molecule has 1 saturated heterocycles. The highest BCUT2D eigenvalue weighted by atomic mass is 16.8. The highest BCUT2D eigenvalue weighted by Crippen LogP contribution is 2.65. The van der Waals surface area contributed by atoms with Crippen LogP contribution in [0.5, 0.6) is 0 Å². The first-order valence-corrected chi connectivity index (χ1v) is 12.9. The predicted molar refractivity (Wildman–Crippen MR) is 124 cm³/mol. The molecular weight excluding hydrogens is 436 g/mol. The lowest BCUT2D eigenvalue weighted by molar-refractivity contribution is -0.300. The molecule has 0 bridgehead atoms. The van der Waals surface area contributed by atoms with Gasteiger partial charge in [-0.2, -0.15) is 0 Å². The zero-order valence-electron chi connectivity index (χ0n) is 21.8. The highest BCUT2D eigenvalue weighted by molar-refractivity contribution is 5.83. The summed E-state index contributed by atoms with van der Waals surface area (Å²) in [6.45, 7) is 13.6. The molecule has 34 heavy (non-hydrogen) atoms. The van der Waals surface area contributed by atoms with E-state index in [1.807, 2.05) is 0 Å². The molecule has 4 fully saturated rings. The molecule has 1 heterocycles. The molecule has 0 aromatic carbocycles. The Labute approximate surface area is 203 Å². The molecule has 9 atom stereocenters. The zero-order chi connectivity index (χ0) is 25.1. The number of fused-ring (bicyclic) bond motifs is 5. The Hall–Kier alpha value is -1.47. The Balaban J connectivity index is 1.68. The maximum absolute atomic E-state index is 13.5. The van der Waals surface area contributed by atoms with E-state index < -0.39 is 35.9 Å². The summed E-state index contributed by atoms with van der Waals surface area (Å²) >= 11 is 0.